The van der Waals surface area contributed by atoms with Crippen LogP contribution in [0.1, 0.15) is 57.1 Å². The van der Waals surface area contributed by atoms with E-state index in [0.29, 0.717) is 11.3 Å². The van der Waals surface area contributed by atoms with E-state index in [1.54, 1.807) is 6.07 Å². The van der Waals surface area contributed by atoms with Crippen molar-refractivity contribution in [3.63, 3.8) is 0 Å². The lowest BCUT2D eigenvalue weighted by atomic mass is 9.91. The Morgan fingerprint density at radius 1 is 1.29 bits per heavy atom. The van der Waals surface area contributed by atoms with Crippen LogP contribution in [0.5, 0.6) is 0 Å². The van der Waals surface area contributed by atoms with Crippen LogP contribution in [-0.2, 0) is 6.42 Å². The third-order valence-corrected chi connectivity index (χ3v) is 4.99. The van der Waals surface area contributed by atoms with Gasteiger partial charge >= 0.3 is 0 Å². The van der Waals surface area contributed by atoms with E-state index in [4.69, 9.17) is 0 Å². The quantitative estimate of drug-likeness (QED) is 0.685. The van der Waals surface area contributed by atoms with Gasteiger partial charge in [-0.1, -0.05) is 25.5 Å². The summed E-state index contributed by atoms with van der Waals surface area (Å²) in [5, 5.41) is 3.17. The molecular formula is C21H33FN2. The fraction of sp³-hybridized carbons (Fsp3) is 0.619. The number of hydrogen-bond acceptors (Lipinski definition) is 2. The minimum absolute atomic E-state index is 0.166. The number of rotatable bonds is 8. The van der Waals surface area contributed by atoms with Crippen molar-refractivity contribution in [2.75, 3.05) is 20.1 Å². The van der Waals surface area contributed by atoms with Crippen molar-refractivity contribution in [1.82, 2.24) is 10.2 Å². The van der Waals surface area contributed by atoms with Gasteiger partial charge in [-0.2, -0.15) is 0 Å². The summed E-state index contributed by atoms with van der Waals surface area (Å²) < 4.78 is 14.3. The van der Waals surface area contributed by atoms with Gasteiger partial charge in [0.15, 0.2) is 0 Å². The van der Waals surface area contributed by atoms with E-state index in [1.807, 2.05) is 26.0 Å². The highest BCUT2D eigenvalue weighted by Gasteiger charge is 2.16. The summed E-state index contributed by atoms with van der Waals surface area (Å²) in [6.45, 7) is 10.5. The van der Waals surface area contributed by atoms with Gasteiger partial charge in [0.1, 0.15) is 5.82 Å². The lowest BCUT2D eigenvalue weighted by Gasteiger charge is -2.28. The van der Waals surface area contributed by atoms with Gasteiger partial charge in [-0.15, -0.1) is 0 Å². The molecule has 0 atom stereocenters. The number of nitrogens with zero attached hydrogens (tertiary/aromatic N) is 1. The molecule has 0 amide bonds. The minimum atomic E-state index is -0.166. The van der Waals surface area contributed by atoms with Gasteiger partial charge in [-0.3, -0.25) is 0 Å². The predicted molar refractivity (Wildman–Crippen MR) is 101 cm³/mol. The Balaban J connectivity index is 1.75. The molecule has 1 aromatic rings. The van der Waals surface area contributed by atoms with Crippen molar-refractivity contribution in [3.05, 3.63) is 41.7 Å². The highest BCUT2D eigenvalue weighted by atomic mass is 19.1. The van der Waals surface area contributed by atoms with Crippen LogP contribution in [0.4, 0.5) is 4.39 Å². The second kappa shape index (κ2) is 9.22. The monoisotopic (exact) mass is 332 g/mol. The summed E-state index contributed by atoms with van der Waals surface area (Å²) in [4.78, 5) is 2.42. The molecule has 0 spiro atoms. The average Bonchev–Trinajstić information content (AvgIpc) is 2.52. The number of piperidine rings is 1. The summed E-state index contributed by atoms with van der Waals surface area (Å²) in [6.07, 6.45) is 7.36. The van der Waals surface area contributed by atoms with Crippen molar-refractivity contribution in [3.8, 4) is 0 Å². The van der Waals surface area contributed by atoms with Crippen molar-refractivity contribution in [2.45, 2.75) is 58.4 Å². The molecule has 3 heteroatoms. The van der Waals surface area contributed by atoms with E-state index in [9.17, 15) is 4.39 Å². The predicted octanol–water partition coefficient (Wildman–Crippen LogP) is 4.85. The van der Waals surface area contributed by atoms with Crippen LogP contribution in [-0.4, -0.2) is 31.1 Å². The first-order valence-corrected chi connectivity index (χ1v) is 9.38. The molecule has 2 rings (SSSR count). The van der Waals surface area contributed by atoms with Crippen LogP contribution in [0.25, 0.3) is 5.70 Å². The van der Waals surface area contributed by atoms with Gasteiger partial charge in [0, 0.05) is 17.3 Å². The van der Waals surface area contributed by atoms with Gasteiger partial charge in [0.05, 0.1) is 0 Å². The van der Waals surface area contributed by atoms with Crippen LogP contribution in [0.3, 0.4) is 0 Å². The van der Waals surface area contributed by atoms with E-state index in [0.717, 1.165) is 24.3 Å². The molecule has 0 aromatic heterocycles. The summed E-state index contributed by atoms with van der Waals surface area (Å²) in [6, 6.07) is 5.84. The Kier molecular flexibility index (Phi) is 7.29. The maximum Gasteiger partial charge on any atom is 0.132 e. The highest BCUT2D eigenvalue weighted by Crippen LogP contribution is 2.23. The Labute approximate surface area is 147 Å². The second-order valence-corrected chi connectivity index (χ2v) is 7.58. The molecule has 1 aliphatic heterocycles. The summed E-state index contributed by atoms with van der Waals surface area (Å²) in [7, 11) is 2.21. The molecule has 2 nitrogen and oxygen atoms in total. The molecule has 1 heterocycles. The van der Waals surface area contributed by atoms with E-state index < -0.39 is 0 Å². The highest BCUT2D eigenvalue weighted by molar-refractivity contribution is 5.62. The SMILES string of the molecule is C=C(NC(C)C)c1ccc(CCCCC2CCN(C)CC2)cc1F. The number of aryl methyl sites for hydroxylation is 1. The Hall–Kier alpha value is -1.35. The Bertz CT molecular complexity index is 531. The first-order valence-electron chi connectivity index (χ1n) is 9.38. The number of benzene rings is 1. The topological polar surface area (TPSA) is 15.3 Å². The van der Waals surface area contributed by atoms with Crippen LogP contribution in [0.15, 0.2) is 24.8 Å². The first kappa shape index (κ1) is 19.0. The molecule has 0 unspecified atom stereocenters. The summed E-state index contributed by atoms with van der Waals surface area (Å²) in [5.41, 5.74) is 2.34. The molecule has 1 fully saturated rings. The molecular weight excluding hydrogens is 299 g/mol. The minimum Gasteiger partial charge on any atom is -0.383 e. The first-order chi connectivity index (χ1) is 11.5. The molecule has 0 radical (unpaired) electrons. The number of hydrogen-bond donors (Lipinski definition) is 1. The third-order valence-electron chi connectivity index (χ3n) is 4.99. The molecule has 1 saturated heterocycles. The zero-order valence-corrected chi connectivity index (χ0v) is 15.6. The standard InChI is InChI=1S/C21H33FN2/c1-16(2)23-17(3)20-10-9-19(15-21(20)22)8-6-5-7-18-11-13-24(4)14-12-18/h9-10,15-16,18,23H,3,5-8,11-14H2,1-2,4H3. The van der Waals surface area contributed by atoms with Crippen molar-refractivity contribution in [2.24, 2.45) is 5.92 Å². The fourth-order valence-corrected chi connectivity index (χ4v) is 3.50. The second-order valence-electron chi connectivity index (χ2n) is 7.58. The van der Waals surface area contributed by atoms with E-state index in [2.05, 4.69) is 23.8 Å². The molecule has 134 valence electrons. The fourth-order valence-electron chi connectivity index (χ4n) is 3.50. The van der Waals surface area contributed by atoms with Gasteiger partial charge in [0.25, 0.3) is 0 Å². The van der Waals surface area contributed by atoms with Crippen molar-refractivity contribution < 1.29 is 4.39 Å². The van der Waals surface area contributed by atoms with Gasteiger partial charge < -0.3 is 10.2 Å². The maximum absolute atomic E-state index is 14.3. The zero-order valence-electron chi connectivity index (χ0n) is 15.6. The molecule has 1 aliphatic rings. The normalized spacial score (nSPS) is 16.5. The number of likely N-dealkylation sites (tertiary alicyclic amines) is 1. The van der Waals surface area contributed by atoms with Crippen LogP contribution in [0.2, 0.25) is 0 Å². The number of unbranched alkanes of at least 4 members (excludes halogenated alkanes) is 1. The lowest BCUT2D eigenvalue weighted by molar-refractivity contribution is 0.210. The van der Waals surface area contributed by atoms with Gasteiger partial charge in [-0.25, -0.2) is 4.39 Å². The van der Waals surface area contributed by atoms with E-state index >= 15 is 0 Å². The van der Waals surface area contributed by atoms with Gasteiger partial charge in [0.2, 0.25) is 0 Å². The molecule has 0 aliphatic carbocycles. The number of halogens is 1. The number of nitrogens with one attached hydrogen (secondary N) is 1. The van der Waals surface area contributed by atoms with Gasteiger partial charge in [-0.05, 0) is 83.3 Å². The van der Waals surface area contributed by atoms with E-state index in [-0.39, 0.29) is 11.9 Å². The van der Waals surface area contributed by atoms with Crippen LogP contribution >= 0.6 is 0 Å². The third kappa shape index (κ3) is 5.94. The molecule has 1 N–H and O–H groups in total. The summed E-state index contributed by atoms with van der Waals surface area (Å²) >= 11 is 0. The van der Waals surface area contributed by atoms with Crippen molar-refractivity contribution >= 4 is 5.70 Å². The van der Waals surface area contributed by atoms with Crippen molar-refractivity contribution in [1.29, 1.82) is 0 Å². The van der Waals surface area contributed by atoms with E-state index in [1.165, 1.54) is 38.8 Å². The molecule has 0 saturated carbocycles. The largest absolute Gasteiger partial charge is 0.383 e. The average molecular weight is 333 g/mol. The van der Waals surface area contributed by atoms with Crippen LogP contribution in [0, 0.1) is 11.7 Å². The molecule has 1 aromatic carbocycles. The molecule has 24 heavy (non-hydrogen) atoms. The zero-order chi connectivity index (χ0) is 17.5. The Morgan fingerprint density at radius 2 is 2.00 bits per heavy atom. The maximum atomic E-state index is 14.3. The lowest BCUT2D eigenvalue weighted by Crippen LogP contribution is -2.30. The summed E-state index contributed by atoms with van der Waals surface area (Å²) in [5.74, 6) is 0.728. The Morgan fingerprint density at radius 3 is 2.62 bits per heavy atom. The molecule has 0 bridgehead atoms. The smallest absolute Gasteiger partial charge is 0.132 e. The van der Waals surface area contributed by atoms with Crippen LogP contribution < -0.4 is 5.32 Å².